The molecule has 1 nitrogen and oxygen atoms in total. The van der Waals surface area contributed by atoms with Gasteiger partial charge in [-0.05, 0) is 28.7 Å². The van der Waals surface area contributed by atoms with Gasteiger partial charge in [0.05, 0.1) is 0 Å². The maximum atomic E-state index is 13.1. The zero-order chi connectivity index (χ0) is 13.9. The van der Waals surface area contributed by atoms with Gasteiger partial charge < -0.3 is 4.74 Å². The molecule has 100 valence electrons. The second kappa shape index (κ2) is 5.43. The molecular formula is C17H19FO. The first-order valence-corrected chi connectivity index (χ1v) is 6.43. The van der Waals surface area contributed by atoms with Crippen LogP contribution in [0.5, 0.6) is 5.75 Å². The largest absolute Gasteiger partial charge is 0.489 e. The quantitative estimate of drug-likeness (QED) is 0.775. The van der Waals surface area contributed by atoms with Gasteiger partial charge in [0, 0.05) is 6.07 Å². The van der Waals surface area contributed by atoms with Gasteiger partial charge >= 0.3 is 0 Å². The summed E-state index contributed by atoms with van der Waals surface area (Å²) in [5, 5.41) is 0. The number of hydrogen-bond acceptors (Lipinski definition) is 1. The standard InChI is InChI=1S/C17H19FO/c1-17(2,3)16-10-5-4-7-13(16)12-19-15-9-6-8-14(18)11-15/h4-11H,12H2,1-3H3. The Morgan fingerprint density at radius 2 is 1.74 bits per heavy atom. The first-order chi connectivity index (χ1) is 8.97. The molecule has 19 heavy (non-hydrogen) atoms. The minimum Gasteiger partial charge on any atom is -0.489 e. The second-order valence-electron chi connectivity index (χ2n) is 5.65. The summed E-state index contributed by atoms with van der Waals surface area (Å²) < 4.78 is 18.8. The maximum absolute atomic E-state index is 13.1. The lowest BCUT2D eigenvalue weighted by Crippen LogP contribution is -2.15. The Hall–Kier alpha value is -1.83. The van der Waals surface area contributed by atoms with Gasteiger partial charge in [-0.3, -0.25) is 0 Å². The summed E-state index contributed by atoms with van der Waals surface area (Å²) in [6.45, 7) is 6.98. The number of rotatable bonds is 3. The van der Waals surface area contributed by atoms with E-state index in [-0.39, 0.29) is 11.2 Å². The molecule has 2 aromatic carbocycles. The van der Waals surface area contributed by atoms with Gasteiger partial charge in [-0.1, -0.05) is 51.1 Å². The Bertz CT molecular complexity index is 555. The lowest BCUT2D eigenvalue weighted by molar-refractivity contribution is 0.301. The van der Waals surface area contributed by atoms with Crippen molar-refractivity contribution in [3.05, 3.63) is 65.5 Å². The highest BCUT2D eigenvalue weighted by atomic mass is 19.1. The van der Waals surface area contributed by atoms with E-state index in [9.17, 15) is 4.39 Å². The van der Waals surface area contributed by atoms with Crippen molar-refractivity contribution in [3.8, 4) is 5.75 Å². The van der Waals surface area contributed by atoms with Crippen molar-refractivity contribution in [2.75, 3.05) is 0 Å². The molecule has 0 atom stereocenters. The van der Waals surface area contributed by atoms with Crippen LogP contribution in [-0.2, 0) is 12.0 Å². The van der Waals surface area contributed by atoms with Crippen LogP contribution in [0, 0.1) is 5.82 Å². The number of benzene rings is 2. The van der Waals surface area contributed by atoms with E-state index in [4.69, 9.17) is 4.74 Å². The molecule has 0 aliphatic rings. The lowest BCUT2D eigenvalue weighted by Gasteiger charge is -2.23. The van der Waals surface area contributed by atoms with Crippen LogP contribution < -0.4 is 4.74 Å². The third kappa shape index (κ3) is 3.57. The maximum Gasteiger partial charge on any atom is 0.126 e. The van der Waals surface area contributed by atoms with Crippen LogP contribution in [0.4, 0.5) is 4.39 Å². The van der Waals surface area contributed by atoms with Gasteiger partial charge in [0.2, 0.25) is 0 Å². The molecule has 0 saturated heterocycles. The van der Waals surface area contributed by atoms with Crippen LogP contribution in [0.3, 0.4) is 0 Å². The summed E-state index contributed by atoms with van der Waals surface area (Å²) in [5.41, 5.74) is 2.47. The minimum absolute atomic E-state index is 0.0713. The van der Waals surface area contributed by atoms with Crippen LogP contribution in [0.1, 0.15) is 31.9 Å². The van der Waals surface area contributed by atoms with E-state index in [1.807, 2.05) is 12.1 Å². The molecular weight excluding hydrogens is 239 g/mol. The Morgan fingerprint density at radius 1 is 1.00 bits per heavy atom. The molecule has 2 heteroatoms. The van der Waals surface area contributed by atoms with Crippen molar-refractivity contribution >= 4 is 0 Å². The molecule has 0 fully saturated rings. The molecule has 0 aromatic heterocycles. The Morgan fingerprint density at radius 3 is 2.42 bits per heavy atom. The molecule has 0 saturated carbocycles. The van der Waals surface area contributed by atoms with Crippen LogP contribution in [0.2, 0.25) is 0 Å². The SMILES string of the molecule is CC(C)(C)c1ccccc1COc1cccc(F)c1. The van der Waals surface area contributed by atoms with Crippen LogP contribution in [-0.4, -0.2) is 0 Å². The molecule has 0 N–H and O–H groups in total. The highest BCUT2D eigenvalue weighted by Gasteiger charge is 2.17. The van der Waals surface area contributed by atoms with E-state index in [1.54, 1.807) is 12.1 Å². The Balaban J connectivity index is 2.16. The molecule has 0 bridgehead atoms. The third-order valence-corrected chi connectivity index (χ3v) is 3.02. The highest BCUT2D eigenvalue weighted by Crippen LogP contribution is 2.26. The fourth-order valence-electron chi connectivity index (χ4n) is 2.10. The average molecular weight is 258 g/mol. The molecule has 2 aromatic rings. The van der Waals surface area contributed by atoms with Gasteiger partial charge in [-0.15, -0.1) is 0 Å². The van der Waals surface area contributed by atoms with Gasteiger partial charge in [0.25, 0.3) is 0 Å². The van der Waals surface area contributed by atoms with E-state index in [2.05, 4.69) is 32.9 Å². The fourth-order valence-corrected chi connectivity index (χ4v) is 2.10. The van der Waals surface area contributed by atoms with Crippen molar-refractivity contribution in [2.45, 2.75) is 32.8 Å². The fraction of sp³-hybridized carbons (Fsp3) is 0.294. The van der Waals surface area contributed by atoms with Crippen molar-refractivity contribution in [1.29, 1.82) is 0 Å². The van der Waals surface area contributed by atoms with E-state index in [1.165, 1.54) is 17.7 Å². The van der Waals surface area contributed by atoms with E-state index in [0.717, 1.165) is 5.56 Å². The average Bonchev–Trinajstić information content (AvgIpc) is 2.36. The summed E-state index contributed by atoms with van der Waals surface area (Å²) in [6.07, 6.45) is 0. The highest BCUT2D eigenvalue weighted by molar-refractivity contribution is 5.33. The number of hydrogen-bond donors (Lipinski definition) is 0. The summed E-state index contributed by atoms with van der Waals surface area (Å²) in [5.74, 6) is 0.283. The molecule has 0 aliphatic heterocycles. The molecule has 0 aliphatic carbocycles. The smallest absolute Gasteiger partial charge is 0.126 e. The molecule has 0 heterocycles. The summed E-state index contributed by atoms with van der Waals surface area (Å²) in [7, 11) is 0. The molecule has 0 spiro atoms. The topological polar surface area (TPSA) is 9.23 Å². The molecule has 2 rings (SSSR count). The summed E-state index contributed by atoms with van der Waals surface area (Å²) in [6, 6.07) is 14.4. The number of ether oxygens (including phenoxy) is 1. The normalized spacial score (nSPS) is 11.4. The third-order valence-electron chi connectivity index (χ3n) is 3.02. The first-order valence-electron chi connectivity index (χ1n) is 6.43. The van der Waals surface area contributed by atoms with Crippen molar-refractivity contribution in [2.24, 2.45) is 0 Å². The molecule has 0 unspecified atom stereocenters. The molecule has 0 amide bonds. The van der Waals surface area contributed by atoms with Crippen LogP contribution >= 0.6 is 0 Å². The summed E-state index contributed by atoms with van der Waals surface area (Å²) >= 11 is 0. The van der Waals surface area contributed by atoms with E-state index < -0.39 is 0 Å². The monoisotopic (exact) mass is 258 g/mol. The minimum atomic E-state index is -0.276. The van der Waals surface area contributed by atoms with Gasteiger partial charge in [0.1, 0.15) is 18.2 Å². The van der Waals surface area contributed by atoms with Crippen molar-refractivity contribution in [3.63, 3.8) is 0 Å². The van der Waals surface area contributed by atoms with Crippen LogP contribution in [0.25, 0.3) is 0 Å². The van der Waals surface area contributed by atoms with Crippen molar-refractivity contribution < 1.29 is 9.13 Å². The van der Waals surface area contributed by atoms with Crippen molar-refractivity contribution in [1.82, 2.24) is 0 Å². The zero-order valence-electron chi connectivity index (χ0n) is 11.6. The second-order valence-corrected chi connectivity index (χ2v) is 5.65. The van der Waals surface area contributed by atoms with Crippen LogP contribution in [0.15, 0.2) is 48.5 Å². The van der Waals surface area contributed by atoms with Gasteiger partial charge in [-0.25, -0.2) is 4.39 Å². The Labute approximate surface area is 114 Å². The van der Waals surface area contributed by atoms with Gasteiger partial charge in [0.15, 0.2) is 0 Å². The lowest BCUT2D eigenvalue weighted by atomic mass is 9.84. The predicted octanol–water partition coefficient (Wildman–Crippen LogP) is 4.70. The first kappa shape index (κ1) is 13.6. The van der Waals surface area contributed by atoms with Gasteiger partial charge in [-0.2, -0.15) is 0 Å². The van der Waals surface area contributed by atoms with E-state index >= 15 is 0 Å². The summed E-state index contributed by atoms with van der Waals surface area (Å²) in [4.78, 5) is 0. The number of halogens is 1. The Kier molecular flexibility index (Phi) is 3.89. The zero-order valence-corrected chi connectivity index (χ0v) is 11.6. The predicted molar refractivity (Wildman–Crippen MR) is 75.9 cm³/mol. The molecule has 0 radical (unpaired) electrons. The van der Waals surface area contributed by atoms with E-state index in [0.29, 0.717) is 12.4 Å².